The molecule has 15 nitrogen and oxygen atoms in total. The summed E-state index contributed by atoms with van der Waals surface area (Å²) in [7, 11) is 1.69. The second kappa shape index (κ2) is 17.4. The van der Waals surface area contributed by atoms with Gasteiger partial charge in [-0.25, -0.2) is 23.1 Å². The number of hydrogen-bond donors (Lipinski definition) is 2. The Bertz CT molecular complexity index is 2620. The normalized spacial score (nSPS) is 24.6. The van der Waals surface area contributed by atoms with Crippen molar-refractivity contribution in [2.75, 3.05) is 44.2 Å². The number of aryl methyl sites for hydroxylation is 1. The Balaban J connectivity index is 0.763. The second-order valence-corrected chi connectivity index (χ2v) is 18.3. The van der Waals surface area contributed by atoms with Crippen molar-refractivity contribution in [3.63, 3.8) is 0 Å². The number of imidazole rings is 1. The zero-order valence-electron chi connectivity index (χ0n) is 36.0. The van der Waals surface area contributed by atoms with Crippen molar-refractivity contribution in [2.24, 2.45) is 34.8 Å². The number of hydrogen-bond acceptors (Lipinski definition) is 10. The molecule has 0 spiro atoms. The molecule has 17 heteroatoms. The molecule has 3 aromatic heterocycles. The molecule has 0 bridgehead atoms. The molecule has 2 N–H and O–H groups in total. The lowest BCUT2D eigenvalue weighted by atomic mass is 9.80. The lowest BCUT2D eigenvalue weighted by Gasteiger charge is -2.39. The molecule has 63 heavy (non-hydrogen) atoms. The highest BCUT2D eigenvalue weighted by Gasteiger charge is 2.37. The van der Waals surface area contributed by atoms with E-state index in [4.69, 9.17) is 4.74 Å². The van der Waals surface area contributed by atoms with Gasteiger partial charge in [0.15, 0.2) is 5.84 Å². The van der Waals surface area contributed by atoms with Crippen molar-refractivity contribution < 1.29 is 27.9 Å². The molecule has 5 aliphatic rings. The number of carbonyl (C=O) groups is 3. The van der Waals surface area contributed by atoms with Gasteiger partial charge in [0.25, 0.3) is 12.3 Å². The van der Waals surface area contributed by atoms with Crippen LogP contribution in [0.5, 0.6) is 0 Å². The number of anilines is 1. The van der Waals surface area contributed by atoms with E-state index in [1.807, 2.05) is 44.2 Å². The van der Waals surface area contributed by atoms with Crippen molar-refractivity contribution in [2.45, 2.75) is 95.9 Å². The summed E-state index contributed by atoms with van der Waals surface area (Å²) in [5.41, 5.74) is 2.71. The van der Waals surface area contributed by atoms with E-state index in [9.17, 15) is 28.0 Å². The van der Waals surface area contributed by atoms with Crippen molar-refractivity contribution in [1.82, 2.24) is 34.3 Å². The average molecular weight is 865 g/mol. The van der Waals surface area contributed by atoms with Crippen molar-refractivity contribution in [3.8, 4) is 11.8 Å². The number of amidine groups is 1. The number of piperidine rings is 2. The molecule has 4 aliphatic heterocycles. The molecule has 4 aromatic rings. The Morgan fingerprint density at radius 2 is 1.79 bits per heavy atom. The van der Waals surface area contributed by atoms with Gasteiger partial charge in [-0.3, -0.25) is 33.8 Å². The van der Waals surface area contributed by atoms with Crippen LogP contribution in [0.1, 0.15) is 93.6 Å². The third-order valence-corrected chi connectivity index (χ3v) is 13.5. The topological polar surface area (TPSA) is 160 Å². The number of amides is 3. The zero-order chi connectivity index (χ0) is 44.0. The lowest BCUT2D eigenvalue weighted by molar-refractivity contribution is -0.135. The molecule has 4 fully saturated rings. The van der Waals surface area contributed by atoms with Crippen LogP contribution in [0.25, 0.3) is 16.6 Å². The first-order valence-corrected chi connectivity index (χ1v) is 22.2. The Kier molecular flexibility index (Phi) is 11.8. The molecule has 9 rings (SSSR count). The molecular weight excluding hydrogens is 811 g/mol. The Labute approximate surface area is 363 Å². The van der Waals surface area contributed by atoms with Gasteiger partial charge in [0.1, 0.15) is 17.9 Å². The number of alkyl halides is 2. The van der Waals surface area contributed by atoms with Crippen molar-refractivity contribution in [3.05, 3.63) is 64.3 Å². The van der Waals surface area contributed by atoms with E-state index in [1.54, 1.807) is 17.8 Å². The second-order valence-electron chi connectivity index (χ2n) is 18.3. The maximum Gasteiger partial charge on any atom is 0.329 e. The molecule has 332 valence electrons. The smallest absolute Gasteiger partial charge is 0.329 e. The van der Waals surface area contributed by atoms with E-state index in [2.05, 4.69) is 47.4 Å². The monoisotopic (exact) mass is 864 g/mol. The Morgan fingerprint density at radius 3 is 2.54 bits per heavy atom. The van der Waals surface area contributed by atoms with Crippen molar-refractivity contribution in [1.29, 1.82) is 0 Å². The molecule has 3 saturated heterocycles. The largest absolute Gasteiger partial charge is 0.372 e. The summed E-state index contributed by atoms with van der Waals surface area (Å²) in [5.74, 6) is 6.18. The van der Waals surface area contributed by atoms with Crippen LogP contribution in [0.15, 0.2) is 57.5 Å². The number of nitrogens with one attached hydrogen (secondary N) is 2. The van der Waals surface area contributed by atoms with Gasteiger partial charge >= 0.3 is 5.69 Å². The fourth-order valence-corrected chi connectivity index (χ4v) is 10.1. The summed E-state index contributed by atoms with van der Waals surface area (Å²) in [5, 5.41) is 9.35. The van der Waals surface area contributed by atoms with Gasteiger partial charge in [0.2, 0.25) is 11.8 Å². The van der Waals surface area contributed by atoms with Gasteiger partial charge in [-0.1, -0.05) is 17.9 Å². The summed E-state index contributed by atoms with van der Waals surface area (Å²) in [6, 6.07) is 8.66. The quantitative estimate of drug-likeness (QED) is 0.190. The minimum absolute atomic E-state index is 0.0234. The third kappa shape index (κ3) is 8.80. The zero-order valence-corrected chi connectivity index (χ0v) is 36.0. The van der Waals surface area contributed by atoms with Gasteiger partial charge < -0.3 is 19.9 Å². The summed E-state index contributed by atoms with van der Waals surface area (Å²) in [4.78, 5) is 64.9. The van der Waals surface area contributed by atoms with E-state index in [0.29, 0.717) is 48.1 Å². The minimum atomic E-state index is -2.87. The summed E-state index contributed by atoms with van der Waals surface area (Å²) in [6.45, 7) is 9.03. The Hall–Kier alpha value is -5.73. The number of halogens is 2. The number of fused-ring (bicyclic) bond motifs is 2. The van der Waals surface area contributed by atoms with E-state index in [0.717, 1.165) is 75.8 Å². The van der Waals surface area contributed by atoms with Crippen LogP contribution in [0.2, 0.25) is 0 Å². The number of carbonyl (C=O) groups excluding carboxylic acids is 3. The predicted molar refractivity (Wildman–Crippen MR) is 234 cm³/mol. The molecule has 2 unspecified atom stereocenters. The lowest BCUT2D eigenvalue weighted by Crippen LogP contribution is -2.48. The SMILES string of the molecule is Cn1c(=O)n(C2CCC(=O)NC2=O)c2cccc(C#CCC3CCN(C[C@H]4CC[C@H](C5N=C(NC(=O)c6cnn7ccc(N8CCOC(C)(C)C8)cc67)C(C(F)F)=N5)CC4)CC3)c21. The summed E-state index contributed by atoms with van der Waals surface area (Å²) >= 11 is 0. The molecular formula is C46H54F2N10O5. The number of para-hydroxylation sites is 1. The number of benzene rings is 1. The predicted octanol–water partition coefficient (Wildman–Crippen LogP) is 4.71. The van der Waals surface area contributed by atoms with Gasteiger partial charge in [-0.2, -0.15) is 5.10 Å². The third-order valence-electron chi connectivity index (χ3n) is 13.5. The molecule has 3 amide bonds. The first-order chi connectivity index (χ1) is 30.3. The minimum Gasteiger partial charge on any atom is -0.372 e. The molecule has 1 saturated carbocycles. The summed E-state index contributed by atoms with van der Waals surface area (Å²) in [6.07, 6.45) is 6.60. The van der Waals surface area contributed by atoms with Crippen LogP contribution >= 0.6 is 0 Å². The highest BCUT2D eigenvalue weighted by Crippen LogP contribution is 2.36. The molecule has 1 aromatic carbocycles. The van der Waals surface area contributed by atoms with Crippen LogP contribution in [-0.2, 0) is 21.4 Å². The number of pyridine rings is 1. The van der Waals surface area contributed by atoms with Crippen LogP contribution in [0.4, 0.5) is 14.5 Å². The number of rotatable bonds is 8. The van der Waals surface area contributed by atoms with E-state index in [1.165, 1.54) is 15.3 Å². The molecule has 1 aliphatic carbocycles. The molecule has 0 radical (unpaired) electrons. The van der Waals surface area contributed by atoms with Crippen LogP contribution in [0.3, 0.4) is 0 Å². The number of aromatic nitrogens is 4. The standard InChI is InChI=1S/C46H54F2N10O5/c1-46(2)27-56(22-23-63-46)32-18-21-57-36(24-32)33(25-49-57)43(60)53-42-38(40(47)48)51-41(52-42)31-12-10-29(11-13-31)26-55-19-16-28(17-20-55)6-4-7-30-8-5-9-34-39(30)54(3)45(62)58(34)35-14-15-37(59)50-44(35)61/h5,8-9,18,21,24-25,28-29,31,35,40-41H,6,10-17,19-20,22-23,26-27H2,1-3H3,(H,50,59,61)(H,52,53,60)/t29-,31-,35?,41?. The number of imide groups is 1. The van der Waals surface area contributed by atoms with E-state index < -0.39 is 36.2 Å². The van der Waals surface area contributed by atoms with Gasteiger partial charge in [-0.15, -0.1) is 0 Å². The highest BCUT2D eigenvalue weighted by molar-refractivity contribution is 6.46. The van der Waals surface area contributed by atoms with Crippen molar-refractivity contribution >= 4 is 51.5 Å². The number of likely N-dealkylation sites (tertiary alicyclic amines) is 1. The van der Waals surface area contributed by atoms with Crippen LogP contribution in [-0.4, -0.2) is 110 Å². The maximum absolute atomic E-state index is 14.3. The van der Waals surface area contributed by atoms with E-state index in [-0.39, 0.29) is 47.4 Å². The average Bonchev–Trinajstić information content (AvgIpc) is 3.96. The Morgan fingerprint density at radius 1 is 1.00 bits per heavy atom. The first-order valence-electron chi connectivity index (χ1n) is 22.2. The number of morpholine rings is 1. The fourth-order valence-electron chi connectivity index (χ4n) is 10.1. The first kappa shape index (κ1) is 42.6. The highest BCUT2D eigenvalue weighted by atomic mass is 19.3. The van der Waals surface area contributed by atoms with E-state index >= 15 is 0 Å². The van der Waals surface area contributed by atoms with Gasteiger partial charge in [0, 0.05) is 57.3 Å². The molecule has 7 heterocycles. The fraction of sp³-hybridized carbons (Fsp3) is 0.543. The molecule has 2 atom stereocenters. The number of ether oxygens (including phenoxy) is 1. The maximum atomic E-state index is 14.3. The number of aliphatic imine (C=N–C) groups is 2. The van der Waals surface area contributed by atoms with Gasteiger partial charge in [0.05, 0.1) is 46.1 Å². The van der Waals surface area contributed by atoms with Crippen LogP contribution in [0, 0.1) is 29.6 Å². The summed E-state index contributed by atoms with van der Waals surface area (Å²) < 4.78 is 39.1. The van der Waals surface area contributed by atoms with Crippen LogP contribution < -0.4 is 21.2 Å². The van der Waals surface area contributed by atoms with Gasteiger partial charge in [-0.05, 0) is 108 Å². The number of nitrogens with zero attached hydrogens (tertiary/aromatic N) is 8.